The maximum Gasteiger partial charge on any atom is 0.340 e. The Morgan fingerprint density at radius 3 is 3.00 bits per heavy atom. The Morgan fingerprint density at radius 1 is 1.48 bits per heavy atom. The zero-order chi connectivity index (χ0) is 26.9. The fourth-order valence-corrected chi connectivity index (χ4v) is 2.12. The van der Waals surface area contributed by atoms with Gasteiger partial charge in [-0.25, -0.2) is 4.79 Å². The molecule has 2 bridgehead atoms. The Morgan fingerprint density at radius 2 is 2.24 bits per heavy atom. The van der Waals surface area contributed by atoms with Crippen LogP contribution in [0.3, 0.4) is 0 Å². The van der Waals surface area contributed by atoms with Crippen molar-refractivity contribution < 1.29 is 28.7 Å². The van der Waals surface area contributed by atoms with Crippen molar-refractivity contribution in [2.75, 3.05) is 7.05 Å². The summed E-state index contributed by atoms with van der Waals surface area (Å²) in [6.07, 6.45) is -17.5. The van der Waals surface area contributed by atoms with Crippen molar-refractivity contribution in [1.82, 2.24) is 9.88 Å². The second kappa shape index (κ2) is 4.88. The van der Waals surface area contributed by atoms with Crippen LogP contribution >= 0.6 is 0 Å². The van der Waals surface area contributed by atoms with Crippen LogP contribution in [0.4, 0.5) is 0 Å². The Bertz CT molecular complexity index is 1240. The zero-order valence-corrected chi connectivity index (χ0v) is 10.9. The number of hydrogen-bond acceptors (Lipinski definition) is 3. The number of nitrogens with one attached hydrogen (secondary N) is 1. The molecule has 0 radical (unpaired) electrons. The lowest BCUT2D eigenvalue weighted by atomic mass is 10.0. The lowest BCUT2D eigenvalue weighted by molar-refractivity contribution is -0.000258. The fraction of sp³-hybridized carbons (Fsp3) is 0.471. The maximum atomic E-state index is 13.2. The van der Waals surface area contributed by atoms with E-state index in [0.717, 1.165) is 19.3 Å². The first kappa shape index (κ1) is 4.85. The van der Waals surface area contributed by atoms with Gasteiger partial charge in [0, 0.05) is 55.6 Å². The maximum absolute atomic E-state index is 13.2. The third-order valence-electron chi connectivity index (χ3n) is 3.21. The molecule has 2 aliphatic rings. The van der Waals surface area contributed by atoms with Crippen LogP contribution in [0.1, 0.15) is 55.0 Å². The van der Waals surface area contributed by atoms with Crippen molar-refractivity contribution in [1.29, 1.82) is 0 Å². The molecule has 4 nitrogen and oxygen atoms in total. The molecule has 2 aromatic rings. The number of hydrogen-bond donors (Lipinski definition) is 1. The second-order valence-corrected chi connectivity index (χ2v) is 4.49. The van der Waals surface area contributed by atoms with Gasteiger partial charge in [-0.3, -0.25) is 0 Å². The number of H-pyrrole nitrogens is 1. The number of piperidine rings is 1. The average Bonchev–Trinajstić information content (AvgIpc) is 3.22. The van der Waals surface area contributed by atoms with Gasteiger partial charge in [0.2, 0.25) is 0 Å². The number of aromatic nitrogens is 1. The summed E-state index contributed by atoms with van der Waals surface area (Å²) < 4.78 is 122. The predicted molar refractivity (Wildman–Crippen MR) is 81.3 cm³/mol. The number of carbonyl (C=O) groups excluding carboxylic acids is 1. The van der Waals surface area contributed by atoms with Gasteiger partial charge >= 0.3 is 5.97 Å². The number of benzene rings is 1. The van der Waals surface area contributed by atoms with Crippen molar-refractivity contribution >= 4 is 16.9 Å². The highest BCUT2D eigenvalue weighted by atomic mass is 16.5. The van der Waals surface area contributed by atoms with Crippen LogP contribution in [-0.2, 0) is 4.74 Å². The van der Waals surface area contributed by atoms with E-state index in [4.69, 9.17) is 23.9 Å². The van der Waals surface area contributed by atoms with Crippen molar-refractivity contribution in [2.24, 2.45) is 0 Å². The lowest BCUT2D eigenvalue weighted by Crippen LogP contribution is -2.43. The van der Waals surface area contributed by atoms with Gasteiger partial charge in [0.15, 0.2) is 0 Å². The minimum absolute atomic E-state index is 0.0620. The molecular weight excluding hydrogens is 264 g/mol. The highest BCUT2D eigenvalue weighted by molar-refractivity contribution is 6.04. The first-order chi connectivity index (χ1) is 15.6. The van der Waals surface area contributed by atoms with Gasteiger partial charge in [-0.1, -0.05) is 18.2 Å². The van der Waals surface area contributed by atoms with E-state index in [1.165, 1.54) is 0 Å². The smallest absolute Gasteiger partial charge is 0.340 e. The van der Waals surface area contributed by atoms with Crippen LogP contribution in [0, 0.1) is 0 Å². The average molecular weight is 298 g/mol. The molecule has 4 heteroatoms. The summed E-state index contributed by atoms with van der Waals surface area (Å²) in [5.74, 6) is -1.60. The van der Waals surface area contributed by atoms with E-state index < -0.39 is 67.2 Å². The Labute approximate surface area is 143 Å². The van der Waals surface area contributed by atoms with E-state index in [9.17, 15) is 4.79 Å². The molecule has 0 saturated carbocycles. The van der Waals surface area contributed by atoms with Gasteiger partial charge in [0.1, 0.15) is 6.08 Å². The summed E-state index contributed by atoms with van der Waals surface area (Å²) in [5, 5.41) is -0.292. The number of fused-ring (bicyclic) bond motifs is 3. The number of rotatable bonds is 2. The van der Waals surface area contributed by atoms with Crippen molar-refractivity contribution in [3.8, 4) is 0 Å². The molecule has 1 aromatic heterocycles. The quantitative estimate of drug-likeness (QED) is 0.867. The monoisotopic (exact) mass is 298 g/mol. The number of ether oxygens (including phenoxy) is 1. The van der Waals surface area contributed by atoms with E-state index in [-0.39, 0.29) is 21.8 Å². The molecule has 2 aliphatic heterocycles. The van der Waals surface area contributed by atoms with Crippen LogP contribution in [-0.4, -0.2) is 41.0 Å². The van der Waals surface area contributed by atoms with Gasteiger partial charge in [0.25, 0.3) is 0 Å². The molecule has 1 unspecified atom stereocenters. The van der Waals surface area contributed by atoms with Crippen LogP contribution < -0.4 is 0 Å². The van der Waals surface area contributed by atoms with Gasteiger partial charge < -0.3 is 14.6 Å². The van der Waals surface area contributed by atoms with Crippen molar-refractivity contribution in [2.45, 2.75) is 43.6 Å². The van der Waals surface area contributed by atoms with E-state index in [1.54, 1.807) is 0 Å². The SMILES string of the molecule is [2H]c1cc([2H])c2[nH]cc(C(=O)OC3([2H])C([2H])([2H])[C@]4([2H])N(C)[C@]([2H])(C3([2H])[2H])C([2H])([2H])C4([2H])[2H])c2c1[2H]. The molecule has 2 fully saturated rings. The molecule has 0 spiro atoms. The molecule has 0 aliphatic carbocycles. The first-order valence-corrected chi connectivity index (χ1v) is 6.16. The fourth-order valence-electron chi connectivity index (χ4n) is 2.12. The predicted octanol–water partition coefficient (Wildman–Crippen LogP) is 2.95. The molecule has 3 atom stereocenters. The summed E-state index contributed by atoms with van der Waals surface area (Å²) in [5.41, 5.74) is -0.616. The summed E-state index contributed by atoms with van der Waals surface area (Å²) in [6, 6.07) is -6.95. The number of nitrogens with zero attached hydrogens (tertiary/aromatic N) is 1. The van der Waals surface area contributed by atoms with Crippen LogP contribution in [0.5, 0.6) is 0 Å². The number of esters is 1. The summed E-state index contributed by atoms with van der Waals surface area (Å²) in [6.45, 7) is 0. The topological polar surface area (TPSA) is 45.3 Å². The third kappa shape index (κ3) is 2.14. The standard InChI is InChI=1S/C17H20N2O2/c1-19-11-6-7-12(19)9-13(8-11)21-17(20)15-10-18-16-5-3-2-4-14(15)16/h2-5,10-13,18H,6-9H2,1H3/t11-,12+,13?/i2D,4D,5D,6D2,7D2,8D2,9D2,11D,12D,13D. The normalized spacial score (nSPS) is 58.7. The summed E-state index contributed by atoms with van der Waals surface area (Å²) in [7, 11) is 0.803. The molecule has 2 saturated heterocycles. The molecular formula is C17H20N2O2. The van der Waals surface area contributed by atoms with Crippen LogP contribution in [0.15, 0.2) is 30.4 Å². The number of aromatic amines is 1. The van der Waals surface area contributed by atoms with Gasteiger partial charge in [-0.05, 0) is 25.8 Å². The Kier molecular flexibility index (Phi) is 1.13. The molecule has 3 heterocycles. The molecule has 0 amide bonds. The lowest BCUT2D eigenvalue weighted by Gasteiger charge is -2.35. The van der Waals surface area contributed by atoms with E-state index in [2.05, 4.69) is 4.98 Å². The number of carbonyl (C=O) groups is 1. The number of para-hydroxylation sites is 1. The molecule has 1 aromatic carbocycles. The van der Waals surface area contributed by atoms with Crippen molar-refractivity contribution in [3.05, 3.63) is 36.0 Å². The van der Waals surface area contributed by atoms with Gasteiger partial charge in [0.05, 0.1) is 11.0 Å². The molecule has 4 rings (SSSR count). The highest BCUT2D eigenvalue weighted by Crippen LogP contribution is 2.35. The first-order valence-electron chi connectivity index (χ1n) is 13.2. The minimum atomic E-state index is -3.82. The zero-order valence-electron chi connectivity index (χ0n) is 24.9. The molecule has 110 valence electrons. The van der Waals surface area contributed by atoms with E-state index >= 15 is 0 Å². The van der Waals surface area contributed by atoms with Crippen LogP contribution in [0.25, 0.3) is 10.9 Å². The van der Waals surface area contributed by atoms with Gasteiger partial charge in [-0.2, -0.15) is 0 Å². The van der Waals surface area contributed by atoms with Crippen LogP contribution in [0.2, 0.25) is 0 Å². The van der Waals surface area contributed by atoms with Gasteiger partial charge in [-0.15, -0.1) is 0 Å². The van der Waals surface area contributed by atoms with E-state index in [1.807, 2.05) is 0 Å². The summed E-state index contributed by atoms with van der Waals surface area (Å²) in [4.78, 5) is 16.0. The molecule has 21 heavy (non-hydrogen) atoms. The largest absolute Gasteiger partial charge is 0.459 e. The Balaban J connectivity index is 1.95. The van der Waals surface area contributed by atoms with E-state index in [0.29, 0.717) is 0 Å². The third-order valence-corrected chi connectivity index (χ3v) is 3.21. The molecule has 1 N–H and O–H groups in total. The highest BCUT2D eigenvalue weighted by Gasteiger charge is 2.40. The second-order valence-electron chi connectivity index (χ2n) is 4.49. The minimum Gasteiger partial charge on any atom is -0.459 e. The summed E-state index contributed by atoms with van der Waals surface area (Å²) >= 11 is 0. The Hall–Kier alpha value is -1.81. The van der Waals surface area contributed by atoms with Crippen molar-refractivity contribution in [3.63, 3.8) is 0 Å².